The van der Waals surface area contributed by atoms with Gasteiger partial charge in [0.15, 0.2) is 0 Å². The molecule has 2 aliphatic rings. The Kier molecular flexibility index (Phi) is 5.54. The van der Waals surface area contributed by atoms with Crippen molar-refractivity contribution in [2.75, 3.05) is 37.6 Å². The van der Waals surface area contributed by atoms with Crippen molar-refractivity contribution < 1.29 is 23.8 Å². The van der Waals surface area contributed by atoms with Gasteiger partial charge in [0.2, 0.25) is 5.43 Å². The number of fused-ring (bicyclic) bond motifs is 1. The average molecular weight is 443 g/mol. The standard InChI is InChI=1S/C23H26FN3O5/c1-4-26-12-16(21(29)30)20(28)15-9-17(24)19(10-18(15)26)27-7-5-25(6-8-27)13-23(3)11-14(2)22(31)32-23/h9-10,12H,2,4-8,11,13H2,1,3H3,(H,29,30). The summed E-state index contributed by atoms with van der Waals surface area (Å²) < 4.78 is 22.1. The maximum absolute atomic E-state index is 15.0. The molecule has 8 nitrogen and oxygen atoms in total. The number of hydrogen-bond acceptors (Lipinski definition) is 6. The summed E-state index contributed by atoms with van der Waals surface area (Å²) in [7, 11) is 0. The van der Waals surface area contributed by atoms with Crippen molar-refractivity contribution in [2.45, 2.75) is 32.4 Å². The normalized spacial score (nSPS) is 21.9. The predicted octanol–water partition coefficient (Wildman–Crippen LogP) is 2.24. The lowest BCUT2D eigenvalue weighted by Gasteiger charge is -2.39. The van der Waals surface area contributed by atoms with Gasteiger partial charge in [-0.15, -0.1) is 0 Å². The lowest BCUT2D eigenvalue weighted by atomic mass is 9.99. The van der Waals surface area contributed by atoms with E-state index in [1.165, 1.54) is 6.20 Å². The van der Waals surface area contributed by atoms with E-state index in [1.54, 1.807) is 10.6 Å². The number of piperazine rings is 1. The summed E-state index contributed by atoms with van der Waals surface area (Å²) in [5.41, 5.74) is -0.280. The summed E-state index contributed by atoms with van der Waals surface area (Å²) in [4.78, 5) is 39.7. The number of rotatable bonds is 5. The van der Waals surface area contributed by atoms with Gasteiger partial charge in [0.25, 0.3) is 0 Å². The van der Waals surface area contributed by atoms with E-state index in [0.29, 0.717) is 62.5 Å². The van der Waals surface area contributed by atoms with Gasteiger partial charge in [0.1, 0.15) is 17.0 Å². The number of pyridine rings is 1. The smallest absolute Gasteiger partial charge is 0.341 e. The second-order valence-corrected chi connectivity index (χ2v) is 8.67. The zero-order valence-corrected chi connectivity index (χ0v) is 18.2. The quantitative estimate of drug-likeness (QED) is 0.560. The lowest BCUT2D eigenvalue weighted by molar-refractivity contribution is -0.146. The molecule has 1 aromatic carbocycles. The van der Waals surface area contributed by atoms with Crippen molar-refractivity contribution in [1.29, 1.82) is 0 Å². The zero-order chi connectivity index (χ0) is 23.2. The van der Waals surface area contributed by atoms with Crippen molar-refractivity contribution in [1.82, 2.24) is 9.47 Å². The van der Waals surface area contributed by atoms with Crippen LogP contribution >= 0.6 is 0 Å². The number of carboxylic acid groups (broad SMARTS) is 1. The van der Waals surface area contributed by atoms with E-state index < -0.39 is 22.8 Å². The van der Waals surface area contributed by atoms with Crippen molar-refractivity contribution in [3.8, 4) is 0 Å². The van der Waals surface area contributed by atoms with Gasteiger partial charge >= 0.3 is 11.9 Å². The first kappa shape index (κ1) is 22.0. The molecule has 2 fully saturated rings. The summed E-state index contributed by atoms with van der Waals surface area (Å²) in [5, 5.41) is 9.35. The van der Waals surface area contributed by atoms with Gasteiger partial charge in [0.05, 0.1) is 11.2 Å². The van der Waals surface area contributed by atoms with Crippen molar-refractivity contribution in [3.05, 3.63) is 52.1 Å². The van der Waals surface area contributed by atoms with Crippen molar-refractivity contribution in [2.24, 2.45) is 0 Å². The highest BCUT2D eigenvalue weighted by Gasteiger charge is 2.40. The highest BCUT2D eigenvalue weighted by atomic mass is 19.1. The summed E-state index contributed by atoms with van der Waals surface area (Å²) >= 11 is 0. The van der Waals surface area contributed by atoms with Crippen LogP contribution in [0.2, 0.25) is 0 Å². The molecule has 0 bridgehead atoms. The number of anilines is 1. The Labute approximate surface area is 184 Å². The monoisotopic (exact) mass is 443 g/mol. The Balaban J connectivity index is 1.56. The first-order chi connectivity index (χ1) is 15.1. The molecule has 1 N–H and O–H groups in total. The fraction of sp³-hybridized carbons (Fsp3) is 0.435. The molecule has 2 aromatic rings. The van der Waals surface area contributed by atoms with Crippen LogP contribution in [0.25, 0.3) is 10.9 Å². The molecule has 170 valence electrons. The minimum Gasteiger partial charge on any atom is -0.477 e. The van der Waals surface area contributed by atoms with Gasteiger partial charge in [-0.05, 0) is 26.0 Å². The van der Waals surface area contributed by atoms with E-state index >= 15 is 4.39 Å². The van der Waals surface area contributed by atoms with E-state index in [0.717, 1.165) is 6.07 Å². The predicted molar refractivity (Wildman–Crippen MR) is 118 cm³/mol. The topological polar surface area (TPSA) is 92.1 Å². The number of aromatic nitrogens is 1. The molecule has 0 saturated carbocycles. The molecule has 1 unspecified atom stereocenters. The lowest BCUT2D eigenvalue weighted by Crippen LogP contribution is -2.51. The Morgan fingerprint density at radius 3 is 2.50 bits per heavy atom. The number of aromatic carboxylic acids is 1. The third kappa shape index (κ3) is 3.88. The minimum atomic E-state index is -1.33. The fourth-order valence-corrected chi connectivity index (χ4v) is 4.62. The molecule has 0 radical (unpaired) electrons. The van der Waals surface area contributed by atoms with Crippen LogP contribution in [0.3, 0.4) is 0 Å². The number of carbonyl (C=O) groups excluding carboxylic acids is 1. The average Bonchev–Trinajstić information content (AvgIpc) is 3.00. The molecule has 32 heavy (non-hydrogen) atoms. The first-order valence-corrected chi connectivity index (χ1v) is 10.6. The van der Waals surface area contributed by atoms with Crippen LogP contribution in [0.15, 0.2) is 35.3 Å². The molecule has 9 heteroatoms. The Morgan fingerprint density at radius 1 is 1.25 bits per heavy atom. The van der Waals surface area contributed by atoms with E-state index in [9.17, 15) is 19.5 Å². The largest absolute Gasteiger partial charge is 0.477 e. The molecule has 0 spiro atoms. The highest BCUT2D eigenvalue weighted by molar-refractivity contribution is 5.93. The van der Waals surface area contributed by atoms with Crippen LogP contribution < -0.4 is 10.3 Å². The third-order valence-corrected chi connectivity index (χ3v) is 6.21. The highest BCUT2D eigenvalue weighted by Crippen LogP contribution is 2.31. The maximum atomic E-state index is 15.0. The Morgan fingerprint density at radius 2 is 1.94 bits per heavy atom. The van der Waals surface area contributed by atoms with Gasteiger partial charge in [0, 0.05) is 62.8 Å². The maximum Gasteiger partial charge on any atom is 0.341 e. The number of halogens is 1. The fourth-order valence-electron chi connectivity index (χ4n) is 4.62. The van der Waals surface area contributed by atoms with Gasteiger partial charge in [-0.25, -0.2) is 14.0 Å². The van der Waals surface area contributed by atoms with Crippen molar-refractivity contribution in [3.63, 3.8) is 0 Å². The molecular weight excluding hydrogens is 417 g/mol. The van der Waals surface area contributed by atoms with Crippen LogP contribution in [0.4, 0.5) is 10.1 Å². The number of benzene rings is 1. The molecule has 0 aliphatic carbocycles. The number of carbonyl (C=O) groups is 2. The summed E-state index contributed by atoms with van der Waals surface area (Å²) in [6.45, 7) is 11.0. The number of aryl methyl sites for hydroxylation is 1. The first-order valence-electron chi connectivity index (χ1n) is 10.6. The van der Waals surface area contributed by atoms with E-state index in [1.807, 2.05) is 18.7 Å². The van der Waals surface area contributed by atoms with Crippen molar-refractivity contribution >= 4 is 28.5 Å². The van der Waals surface area contributed by atoms with Gasteiger partial charge in [-0.2, -0.15) is 0 Å². The van der Waals surface area contributed by atoms with Crippen LogP contribution in [-0.4, -0.2) is 64.8 Å². The Bertz CT molecular complexity index is 1160. The third-order valence-electron chi connectivity index (χ3n) is 6.21. The van der Waals surface area contributed by atoms with Crippen LogP contribution in [0, 0.1) is 5.82 Å². The van der Waals surface area contributed by atoms with E-state index in [-0.39, 0.29) is 16.9 Å². The SMILES string of the molecule is C=C1CC(C)(CN2CCN(c3cc4c(cc3F)c(=O)c(C(=O)O)cn4CC)CC2)OC1=O. The molecule has 1 aromatic heterocycles. The second kappa shape index (κ2) is 8.05. The number of ether oxygens (including phenoxy) is 1. The zero-order valence-electron chi connectivity index (χ0n) is 18.2. The summed E-state index contributed by atoms with van der Waals surface area (Å²) in [6, 6.07) is 2.77. The Hall–Kier alpha value is -3.20. The van der Waals surface area contributed by atoms with Gasteiger partial charge in [-0.3, -0.25) is 9.69 Å². The summed E-state index contributed by atoms with van der Waals surface area (Å²) in [5.74, 6) is -2.23. The molecular formula is C23H26FN3O5. The second-order valence-electron chi connectivity index (χ2n) is 8.67. The molecule has 4 rings (SSSR count). The minimum absolute atomic E-state index is 0.0582. The van der Waals surface area contributed by atoms with E-state index in [4.69, 9.17) is 4.74 Å². The number of hydrogen-bond donors (Lipinski definition) is 1. The molecule has 3 heterocycles. The van der Waals surface area contributed by atoms with Crippen LogP contribution in [0.5, 0.6) is 0 Å². The van der Waals surface area contributed by atoms with Crippen LogP contribution in [-0.2, 0) is 16.1 Å². The molecule has 2 saturated heterocycles. The number of esters is 1. The number of carboxylic acids is 1. The molecule has 2 aliphatic heterocycles. The van der Waals surface area contributed by atoms with Crippen LogP contribution in [0.1, 0.15) is 30.6 Å². The number of nitrogens with zero attached hydrogens (tertiary/aromatic N) is 3. The molecule has 1 atom stereocenters. The summed E-state index contributed by atoms with van der Waals surface area (Å²) in [6.07, 6.45) is 1.81. The number of cyclic esters (lactones) is 1. The molecule has 0 amide bonds. The van der Waals surface area contributed by atoms with Gasteiger partial charge < -0.3 is 19.3 Å². The van der Waals surface area contributed by atoms with E-state index in [2.05, 4.69) is 11.5 Å². The van der Waals surface area contributed by atoms with Gasteiger partial charge in [-0.1, -0.05) is 6.58 Å².